The molecule has 0 saturated carbocycles. The fourth-order valence-corrected chi connectivity index (χ4v) is 2.59. The summed E-state index contributed by atoms with van der Waals surface area (Å²) in [6.45, 7) is 3.08. The van der Waals surface area contributed by atoms with Gasteiger partial charge in [-0.05, 0) is 25.8 Å². The molecule has 5 nitrogen and oxygen atoms in total. The van der Waals surface area contributed by atoms with Crippen LogP contribution >= 0.6 is 0 Å². The lowest BCUT2D eigenvalue weighted by atomic mass is 9.93. The maximum atomic E-state index is 12.4. The Morgan fingerprint density at radius 3 is 2.95 bits per heavy atom. The van der Waals surface area contributed by atoms with Gasteiger partial charge in [0.2, 0.25) is 0 Å². The maximum Gasteiger partial charge on any atom is 0.270 e. The fourth-order valence-electron chi connectivity index (χ4n) is 2.59. The molecular formula is C14H19N3O2. The van der Waals surface area contributed by atoms with Gasteiger partial charge in [-0.15, -0.1) is 0 Å². The second-order valence-corrected chi connectivity index (χ2v) is 5.23. The van der Waals surface area contributed by atoms with Crippen molar-refractivity contribution in [3.05, 3.63) is 23.5 Å². The molecule has 102 valence electrons. The van der Waals surface area contributed by atoms with Crippen LogP contribution in [0.5, 0.6) is 0 Å². The Morgan fingerprint density at radius 2 is 2.37 bits per heavy atom. The van der Waals surface area contributed by atoms with E-state index in [1.807, 2.05) is 6.07 Å². The van der Waals surface area contributed by atoms with E-state index in [2.05, 4.69) is 0 Å². The average molecular weight is 261 g/mol. The van der Waals surface area contributed by atoms with E-state index in [9.17, 15) is 9.90 Å². The van der Waals surface area contributed by atoms with E-state index in [1.54, 1.807) is 35.7 Å². The fraction of sp³-hybridized carbons (Fsp3) is 0.571. The van der Waals surface area contributed by atoms with E-state index in [0.717, 1.165) is 19.4 Å². The highest BCUT2D eigenvalue weighted by atomic mass is 16.3. The summed E-state index contributed by atoms with van der Waals surface area (Å²) in [6, 6.07) is 3.66. The number of amides is 1. The van der Waals surface area contributed by atoms with E-state index in [-0.39, 0.29) is 11.8 Å². The van der Waals surface area contributed by atoms with Gasteiger partial charge < -0.3 is 14.6 Å². The van der Waals surface area contributed by atoms with Crippen molar-refractivity contribution in [3.63, 3.8) is 0 Å². The number of hydrogen-bond acceptors (Lipinski definition) is 3. The van der Waals surface area contributed by atoms with Crippen LogP contribution in [0.3, 0.4) is 0 Å². The molecule has 2 rings (SSSR count). The molecule has 19 heavy (non-hydrogen) atoms. The highest BCUT2D eigenvalue weighted by Crippen LogP contribution is 2.21. The predicted molar refractivity (Wildman–Crippen MR) is 70.4 cm³/mol. The monoisotopic (exact) mass is 261 g/mol. The molecule has 1 aromatic heterocycles. The van der Waals surface area contributed by atoms with Gasteiger partial charge in [0.15, 0.2) is 0 Å². The summed E-state index contributed by atoms with van der Waals surface area (Å²) < 4.78 is 1.69. The lowest BCUT2D eigenvalue weighted by molar-refractivity contribution is 0.0459. The Hall–Kier alpha value is -1.80. The van der Waals surface area contributed by atoms with Crippen LogP contribution in [0.15, 0.2) is 12.3 Å². The summed E-state index contributed by atoms with van der Waals surface area (Å²) in [7, 11) is 1.77. The first-order valence-electron chi connectivity index (χ1n) is 6.56. The molecule has 0 bridgehead atoms. The van der Waals surface area contributed by atoms with Crippen molar-refractivity contribution in [1.29, 1.82) is 5.26 Å². The van der Waals surface area contributed by atoms with Gasteiger partial charge in [0.25, 0.3) is 5.91 Å². The molecule has 2 unspecified atom stereocenters. The number of aryl methyl sites for hydroxylation is 1. The summed E-state index contributed by atoms with van der Waals surface area (Å²) in [5.41, 5.74) is 1.03. The minimum Gasteiger partial charge on any atom is -0.393 e. The van der Waals surface area contributed by atoms with Gasteiger partial charge in [0.1, 0.15) is 11.8 Å². The van der Waals surface area contributed by atoms with Crippen molar-refractivity contribution in [2.45, 2.75) is 25.9 Å². The van der Waals surface area contributed by atoms with Crippen LogP contribution in [0, 0.1) is 17.2 Å². The van der Waals surface area contributed by atoms with Gasteiger partial charge >= 0.3 is 0 Å². The number of rotatable bonds is 2. The maximum absolute atomic E-state index is 12.4. The van der Waals surface area contributed by atoms with E-state index in [0.29, 0.717) is 17.8 Å². The summed E-state index contributed by atoms with van der Waals surface area (Å²) in [4.78, 5) is 14.2. The number of piperidine rings is 1. The van der Waals surface area contributed by atoms with Crippen LogP contribution in [0.1, 0.15) is 35.8 Å². The first kappa shape index (κ1) is 13.6. The van der Waals surface area contributed by atoms with Crippen molar-refractivity contribution in [1.82, 2.24) is 9.47 Å². The molecule has 1 N–H and O–H groups in total. The Balaban J connectivity index is 2.15. The smallest absolute Gasteiger partial charge is 0.270 e. The number of likely N-dealkylation sites (tertiary alicyclic amines) is 1. The normalized spacial score (nSPS) is 20.9. The molecule has 2 atom stereocenters. The van der Waals surface area contributed by atoms with Crippen molar-refractivity contribution >= 4 is 5.91 Å². The highest BCUT2D eigenvalue weighted by Gasteiger charge is 2.28. The molecule has 1 fully saturated rings. The zero-order valence-electron chi connectivity index (χ0n) is 11.3. The molecule has 0 spiro atoms. The SMILES string of the molecule is CC(O)C1CCCN(C(=O)c2cc(C#N)cn2C)C1. The van der Waals surface area contributed by atoms with Gasteiger partial charge in [0, 0.05) is 32.3 Å². The van der Waals surface area contributed by atoms with Gasteiger partial charge in [-0.25, -0.2) is 0 Å². The first-order valence-corrected chi connectivity index (χ1v) is 6.56. The Morgan fingerprint density at radius 1 is 1.63 bits per heavy atom. The quantitative estimate of drug-likeness (QED) is 0.867. The van der Waals surface area contributed by atoms with Crippen molar-refractivity contribution in [3.8, 4) is 6.07 Å². The predicted octanol–water partition coefficient (Wildman–Crippen LogP) is 1.13. The number of aliphatic hydroxyl groups excluding tert-OH is 1. The third-order valence-electron chi connectivity index (χ3n) is 3.78. The number of carbonyl (C=O) groups excluding carboxylic acids is 1. The second-order valence-electron chi connectivity index (χ2n) is 5.23. The van der Waals surface area contributed by atoms with E-state index in [4.69, 9.17) is 5.26 Å². The van der Waals surface area contributed by atoms with Gasteiger partial charge in [-0.2, -0.15) is 5.26 Å². The van der Waals surface area contributed by atoms with Crippen LogP contribution in [0.4, 0.5) is 0 Å². The number of aromatic nitrogens is 1. The standard InChI is InChI=1S/C14H19N3O2/c1-10(18)12-4-3-5-17(9-12)14(19)13-6-11(7-15)8-16(13)2/h6,8,10,12,18H,3-5,9H2,1-2H3. The largest absolute Gasteiger partial charge is 0.393 e. The average Bonchev–Trinajstić information content (AvgIpc) is 2.79. The molecule has 1 amide bonds. The van der Waals surface area contributed by atoms with Crippen molar-refractivity contribution in [2.24, 2.45) is 13.0 Å². The number of aliphatic hydroxyl groups is 1. The molecule has 1 saturated heterocycles. The zero-order chi connectivity index (χ0) is 14.0. The summed E-state index contributed by atoms with van der Waals surface area (Å²) in [5, 5.41) is 18.5. The number of nitriles is 1. The van der Waals surface area contributed by atoms with Crippen LogP contribution in [-0.4, -0.2) is 39.7 Å². The van der Waals surface area contributed by atoms with E-state index < -0.39 is 6.10 Å². The lowest BCUT2D eigenvalue weighted by Gasteiger charge is -2.34. The van der Waals surface area contributed by atoms with Crippen molar-refractivity contribution in [2.75, 3.05) is 13.1 Å². The van der Waals surface area contributed by atoms with Crippen LogP contribution in [-0.2, 0) is 7.05 Å². The highest BCUT2D eigenvalue weighted by molar-refractivity contribution is 5.93. The Kier molecular flexibility index (Phi) is 3.91. The van der Waals surface area contributed by atoms with Gasteiger partial charge in [0.05, 0.1) is 11.7 Å². The molecular weight excluding hydrogens is 242 g/mol. The van der Waals surface area contributed by atoms with E-state index in [1.165, 1.54) is 0 Å². The zero-order valence-corrected chi connectivity index (χ0v) is 11.3. The van der Waals surface area contributed by atoms with Crippen LogP contribution < -0.4 is 0 Å². The van der Waals surface area contributed by atoms with E-state index >= 15 is 0 Å². The van der Waals surface area contributed by atoms with Crippen LogP contribution in [0.2, 0.25) is 0 Å². The summed E-state index contributed by atoms with van der Waals surface area (Å²) in [6.07, 6.45) is 3.14. The lowest BCUT2D eigenvalue weighted by Crippen LogP contribution is -2.43. The molecule has 0 aromatic carbocycles. The molecule has 2 heterocycles. The Labute approximate surface area is 113 Å². The molecule has 0 radical (unpaired) electrons. The summed E-state index contributed by atoms with van der Waals surface area (Å²) in [5.74, 6) is 0.0859. The molecule has 5 heteroatoms. The molecule has 0 aliphatic carbocycles. The molecule has 1 aliphatic rings. The first-order chi connectivity index (χ1) is 9.02. The minimum absolute atomic E-state index is 0.0608. The summed E-state index contributed by atoms with van der Waals surface area (Å²) >= 11 is 0. The van der Waals surface area contributed by atoms with Gasteiger partial charge in [-0.1, -0.05) is 0 Å². The third kappa shape index (κ3) is 2.79. The van der Waals surface area contributed by atoms with Gasteiger partial charge in [-0.3, -0.25) is 4.79 Å². The van der Waals surface area contributed by atoms with Crippen LogP contribution in [0.25, 0.3) is 0 Å². The third-order valence-corrected chi connectivity index (χ3v) is 3.78. The number of nitrogens with zero attached hydrogens (tertiary/aromatic N) is 3. The number of hydrogen-bond donors (Lipinski definition) is 1. The molecule has 1 aromatic rings. The van der Waals surface area contributed by atoms with Crippen molar-refractivity contribution < 1.29 is 9.90 Å². The molecule has 1 aliphatic heterocycles. The Bertz CT molecular complexity index is 513. The number of carbonyl (C=O) groups is 1. The topological polar surface area (TPSA) is 69.3 Å². The second kappa shape index (κ2) is 5.45. The minimum atomic E-state index is -0.390.